The van der Waals surface area contributed by atoms with Gasteiger partial charge in [-0.1, -0.05) is 13.8 Å². The molecule has 2 heteroatoms. The van der Waals surface area contributed by atoms with E-state index in [0.717, 1.165) is 5.92 Å². The van der Waals surface area contributed by atoms with E-state index in [0.29, 0.717) is 5.41 Å². The molecule has 14 heavy (non-hydrogen) atoms. The summed E-state index contributed by atoms with van der Waals surface area (Å²) in [5, 5.41) is 0. The lowest BCUT2D eigenvalue weighted by atomic mass is 9.67. The lowest BCUT2D eigenvalue weighted by molar-refractivity contribution is 0.0826. The molecule has 0 aromatic rings. The second-order valence-electron chi connectivity index (χ2n) is 5.96. The van der Waals surface area contributed by atoms with E-state index < -0.39 is 0 Å². The van der Waals surface area contributed by atoms with Crippen molar-refractivity contribution < 1.29 is 0 Å². The van der Waals surface area contributed by atoms with Crippen LogP contribution in [0.1, 0.15) is 39.5 Å². The minimum Gasteiger partial charge on any atom is -0.325 e. The van der Waals surface area contributed by atoms with E-state index in [4.69, 9.17) is 5.73 Å². The number of likely N-dealkylation sites (tertiary alicyclic amines) is 1. The van der Waals surface area contributed by atoms with E-state index in [-0.39, 0.29) is 5.54 Å². The smallest absolute Gasteiger partial charge is 0.0210 e. The summed E-state index contributed by atoms with van der Waals surface area (Å²) in [5.41, 5.74) is 6.91. The molecule has 0 unspecified atom stereocenters. The van der Waals surface area contributed by atoms with Crippen molar-refractivity contribution in [1.29, 1.82) is 0 Å². The summed E-state index contributed by atoms with van der Waals surface area (Å²) in [6, 6.07) is 0. The van der Waals surface area contributed by atoms with Crippen molar-refractivity contribution in [1.82, 2.24) is 4.90 Å². The summed E-state index contributed by atoms with van der Waals surface area (Å²) in [6.07, 6.45) is 5.16. The van der Waals surface area contributed by atoms with Gasteiger partial charge < -0.3 is 10.6 Å². The predicted octanol–water partition coefficient (Wildman–Crippen LogP) is 1.85. The van der Waals surface area contributed by atoms with E-state index in [9.17, 15) is 0 Å². The molecule has 1 saturated heterocycles. The van der Waals surface area contributed by atoms with E-state index >= 15 is 0 Å². The van der Waals surface area contributed by atoms with Crippen LogP contribution in [0.5, 0.6) is 0 Å². The zero-order valence-electron chi connectivity index (χ0n) is 9.84. The highest BCUT2D eigenvalue weighted by Gasteiger charge is 2.54. The zero-order valence-corrected chi connectivity index (χ0v) is 9.84. The lowest BCUT2D eigenvalue weighted by Gasteiger charge is -2.43. The monoisotopic (exact) mass is 196 g/mol. The Labute approximate surface area is 87.8 Å². The van der Waals surface area contributed by atoms with Gasteiger partial charge >= 0.3 is 0 Å². The largest absolute Gasteiger partial charge is 0.325 e. The van der Waals surface area contributed by atoms with Gasteiger partial charge in [-0.3, -0.25) is 0 Å². The number of nitrogens with two attached hydrogens (primary N) is 1. The van der Waals surface area contributed by atoms with Crippen molar-refractivity contribution in [2.45, 2.75) is 45.1 Å². The Hall–Kier alpha value is -0.0800. The number of hydrogen-bond acceptors (Lipinski definition) is 2. The van der Waals surface area contributed by atoms with Crippen LogP contribution in [0.3, 0.4) is 0 Å². The van der Waals surface area contributed by atoms with E-state index in [2.05, 4.69) is 25.8 Å². The van der Waals surface area contributed by atoms with Gasteiger partial charge in [-0.25, -0.2) is 0 Å². The molecule has 82 valence electrons. The molecule has 1 heterocycles. The van der Waals surface area contributed by atoms with Crippen molar-refractivity contribution in [2.24, 2.45) is 17.1 Å². The van der Waals surface area contributed by atoms with Gasteiger partial charge in [-0.15, -0.1) is 0 Å². The van der Waals surface area contributed by atoms with E-state index in [1.165, 1.54) is 38.8 Å². The van der Waals surface area contributed by atoms with Crippen LogP contribution in [0.25, 0.3) is 0 Å². The summed E-state index contributed by atoms with van der Waals surface area (Å²) in [7, 11) is 2.22. The Bertz CT molecular complexity index is 210. The number of piperidine rings is 1. The molecule has 2 rings (SSSR count). The van der Waals surface area contributed by atoms with Crippen LogP contribution in [0, 0.1) is 11.3 Å². The van der Waals surface area contributed by atoms with Gasteiger partial charge in [-0.2, -0.15) is 0 Å². The fourth-order valence-corrected chi connectivity index (χ4v) is 2.92. The van der Waals surface area contributed by atoms with Crippen molar-refractivity contribution in [3.63, 3.8) is 0 Å². The summed E-state index contributed by atoms with van der Waals surface area (Å²) in [6.45, 7) is 7.28. The van der Waals surface area contributed by atoms with Crippen LogP contribution in [0.15, 0.2) is 0 Å². The van der Waals surface area contributed by atoms with Gasteiger partial charge in [0.1, 0.15) is 0 Å². The summed E-state index contributed by atoms with van der Waals surface area (Å²) < 4.78 is 0. The SMILES string of the molecule is CN1CCC(C(C)(C)C2(N)CC2)CC1. The molecule has 2 fully saturated rings. The molecule has 0 atom stereocenters. The van der Waals surface area contributed by atoms with Gasteiger partial charge in [0.05, 0.1) is 0 Å². The van der Waals surface area contributed by atoms with Crippen molar-refractivity contribution in [3.8, 4) is 0 Å². The standard InChI is InChI=1S/C12H24N2/c1-11(2,12(13)6-7-12)10-4-8-14(3)9-5-10/h10H,4-9,13H2,1-3H3. The molecule has 0 radical (unpaired) electrons. The van der Waals surface area contributed by atoms with Gasteiger partial charge in [-0.05, 0) is 57.2 Å². The van der Waals surface area contributed by atoms with Crippen molar-refractivity contribution in [3.05, 3.63) is 0 Å². The van der Waals surface area contributed by atoms with E-state index in [1.807, 2.05) is 0 Å². The molecule has 1 aliphatic heterocycles. The van der Waals surface area contributed by atoms with Crippen LogP contribution in [-0.2, 0) is 0 Å². The fourth-order valence-electron chi connectivity index (χ4n) is 2.92. The maximum absolute atomic E-state index is 6.38. The van der Waals surface area contributed by atoms with Crippen LogP contribution >= 0.6 is 0 Å². The van der Waals surface area contributed by atoms with Gasteiger partial charge in [0.15, 0.2) is 0 Å². The molecule has 0 aromatic heterocycles. The lowest BCUT2D eigenvalue weighted by Crippen LogP contribution is -2.48. The van der Waals surface area contributed by atoms with Gasteiger partial charge in [0.2, 0.25) is 0 Å². The molecule has 2 nitrogen and oxygen atoms in total. The molecule has 2 N–H and O–H groups in total. The summed E-state index contributed by atoms with van der Waals surface area (Å²) in [4.78, 5) is 2.43. The highest BCUT2D eigenvalue weighted by Crippen LogP contribution is 2.53. The first-order valence-corrected chi connectivity index (χ1v) is 5.93. The van der Waals surface area contributed by atoms with Crippen LogP contribution in [0.2, 0.25) is 0 Å². The quantitative estimate of drug-likeness (QED) is 0.730. The second-order valence-corrected chi connectivity index (χ2v) is 5.96. The average Bonchev–Trinajstić information content (AvgIpc) is 2.86. The molecule has 1 saturated carbocycles. The Morgan fingerprint density at radius 2 is 1.71 bits per heavy atom. The first kappa shape index (κ1) is 10.4. The highest BCUT2D eigenvalue weighted by molar-refractivity contribution is 5.11. The molecule has 0 bridgehead atoms. The molecular formula is C12H24N2. The maximum atomic E-state index is 6.38. The second kappa shape index (κ2) is 3.21. The molecule has 0 spiro atoms. The Balaban J connectivity index is 2.00. The van der Waals surface area contributed by atoms with Gasteiger partial charge in [0, 0.05) is 5.54 Å². The number of rotatable bonds is 2. The third kappa shape index (κ3) is 1.59. The first-order chi connectivity index (χ1) is 6.46. The van der Waals surface area contributed by atoms with Crippen molar-refractivity contribution in [2.75, 3.05) is 20.1 Å². The highest BCUT2D eigenvalue weighted by atomic mass is 15.1. The van der Waals surface area contributed by atoms with E-state index in [1.54, 1.807) is 0 Å². The fraction of sp³-hybridized carbons (Fsp3) is 1.00. The molecule has 2 aliphatic rings. The van der Waals surface area contributed by atoms with Crippen molar-refractivity contribution >= 4 is 0 Å². The number of nitrogens with zero attached hydrogens (tertiary/aromatic N) is 1. The maximum Gasteiger partial charge on any atom is 0.0210 e. The number of hydrogen-bond donors (Lipinski definition) is 1. The summed E-state index contributed by atoms with van der Waals surface area (Å²) in [5.74, 6) is 0.839. The Morgan fingerprint density at radius 1 is 1.21 bits per heavy atom. The molecular weight excluding hydrogens is 172 g/mol. The van der Waals surface area contributed by atoms with Gasteiger partial charge in [0.25, 0.3) is 0 Å². The van der Waals surface area contributed by atoms with Crippen LogP contribution in [0.4, 0.5) is 0 Å². The minimum atomic E-state index is 0.174. The Morgan fingerprint density at radius 3 is 2.14 bits per heavy atom. The predicted molar refractivity (Wildman–Crippen MR) is 60.2 cm³/mol. The van der Waals surface area contributed by atoms with Crippen LogP contribution < -0.4 is 5.73 Å². The topological polar surface area (TPSA) is 29.3 Å². The molecule has 1 aliphatic carbocycles. The van der Waals surface area contributed by atoms with Crippen LogP contribution in [-0.4, -0.2) is 30.6 Å². The Kier molecular flexibility index (Phi) is 2.39. The summed E-state index contributed by atoms with van der Waals surface area (Å²) >= 11 is 0. The first-order valence-electron chi connectivity index (χ1n) is 5.93. The third-order valence-corrected chi connectivity index (χ3v) is 4.81. The average molecular weight is 196 g/mol. The molecule has 0 aromatic carbocycles. The zero-order chi connectivity index (χ0) is 10.4. The normalized spacial score (nSPS) is 29.1. The third-order valence-electron chi connectivity index (χ3n) is 4.81. The minimum absolute atomic E-state index is 0.174. The molecule has 0 amide bonds.